The second kappa shape index (κ2) is 14.1. The third-order valence-electron chi connectivity index (χ3n) is 14.9. The molecule has 4 aliphatic carbocycles. The van der Waals surface area contributed by atoms with E-state index >= 15 is 0 Å². The summed E-state index contributed by atoms with van der Waals surface area (Å²) >= 11 is 0. The first-order chi connectivity index (χ1) is 24.5. The van der Waals surface area contributed by atoms with Crippen molar-refractivity contribution < 1.29 is 63.9 Å². The molecule has 52 heavy (non-hydrogen) atoms. The van der Waals surface area contributed by atoms with Crippen molar-refractivity contribution in [3.8, 4) is 0 Å². The minimum absolute atomic E-state index is 0.00989. The molecule has 0 radical (unpaired) electrons. The molecule has 294 valence electrons. The van der Waals surface area contributed by atoms with E-state index in [9.17, 15) is 35.1 Å². The van der Waals surface area contributed by atoms with Crippen LogP contribution in [0.3, 0.4) is 0 Å². The highest BCUT2D eigenvalue weighted by atomic mass is 16.7. The first kappa shape index (κ1) is 38.6. The molecule has 0 aromatic rings. The van der Waals surface area contributed by atoms with E-state index in [4.69, 9.17) is 28.8 Å². The Labute approximate surface area is 306 Å². The van der Waals surface area contributed by atoms with Crippen LogP contribution in [0.1, 0.15) is 98.3 Å². The van der Waals surface area contributed by atoms with Gasteiger partial charge in [0.1, 0.15) is 24.4 Å². The van der Waals surface area contributed by atoms with Crippen molar-refractivity contribution >= 4 is 11.9 Å². The molecule has 1 spiro atoms. The second-order valence-corrected chi connectivity index (χ2v) is 18.2. The van der Waals surface area contributed by atoms with Crippen LogP contribution < -0.4 is 0 Å². The summed E-state index contributed by atoms with van der Waals surface area (Å²) in [4.78, 5) is 23.3. The Morgan fingerprint density at radius 3 is 2.48 bits per heavy atom. The van der Waals surface area contributed by atoms with Gasteiger partial charge in [-0.3, -0.25) is 9.59 Å². The minimum atomic E-state index is -1.66. The summed E-state index contributed by atoms with van der Waals surface area (Å²) in [6.45, 7) is 8.64. The van der Waals surface area contributed by atoms with Crippen LogP contribution in [0, 0.1) is 46.3 Å². The largest absolute Gasteiger partial charge is 0.481 e. The number of aliphatic carboxylic acids is 1. The molecule has 17 atom stereocenters. The summed E-state index contributed by atoms with van der Waals surface area (Å²) in [7, 11) is 0. The van der Waals surface area contributed by atoms with Crippen molar-refractivity contribution in [3.05, 3.63) is 11.6 Å². The maximum absolute atomic E-state index is 12.3. The Morgan fingerprint density at radius 2 is 1.79 bits per heavy atom. The van der Waals surface area contributed by atoms with Crippen LogP contribution in [0.2, 0.25) is 0 Å². The van der Waals surface area contributed by atoms with E-state index in [1.54, 1.807) is 0 Å². The number of allylic oxidation sites excluding steroid dienone is 1. The lowest BCUT2D eigenvalue weighted by molar-refractivity contribution is -0.313. The molecular weight excluding hydrogens is 676 g/mol. The summed E-state index contributed by atoms with van der Waals surface area (Å²) in [5, 5.41) is 59.8. The highest BCUT2D eigenvalue weighted by Gasteiger charge is 2.68. The zero-order valence-electron chi connectivity index (χ0n) is 31.0. The molecule has 0 aromatic heterocycles. The van der Waals surface area contributed by atoms with E-state index in [0.29, 0.717) is 30.3 Å². The van der Waals surface area contributed by atoms with Crippen LogP contribution in [-0.2, 0) is 33.3 Å². The van der Waals surface area contributed by atoms with E-state index in [1.807, 2.05) is 0 Å². The summed E-state index contributed by atoms with van der Waals surface area (Å²) < 4.78 is 30.8. The Kier molecular flexibility index (Phi) is 10.5. The average Bonchev–Trinajstić information content (AvgIpc) is 3.53. The van der Waals surface area contributed by atoms with Gasteiger partial charge in [0.25, 0.3) is 0 Å². The number of aliphatic hydroxyl groups excluding tert-OH is 4. The predicted octanol–water partition coefficient (Wildman–Crippen LogP) is 2.68. The van der Waals surface area contributed by atoms with E-state index in [2.05, 4.69) is 26.8 Å². The van der Waals surface area contributed by atoms with E-state index in [0.717, 1.165) is 57.8 Å². The molecule has 13 heteroatoms. The van der Waals surface area contributed by atoms with Gasteiger partial charge in [0, 0.05) is 18.3 Å². The number of esters is 1. The molecule has 0 amide bonds. The number of hydrogen-bond acceptors (Lipinski definition) is 12. The number of rotatable bonds is 9. The van der Waals surface area contributed by atoms with E-state index in [1.165, 1.54) is 12.5 Å². The SMILES string of the molecule is CC1C2C(CC3C4CC=C5CC(OC6OC(CO)C(O)C(O)C6O)CCC5(C)C4CCC32C)OC12CCC(COC(=O)CC(C)(O)CC(=O)O)CO2. The molecule has 7 aliphatic rings. The number of fused-ring (bicyclic) bond motifs is 7. The maximum Gasteiger partial charge on any atom is 0.308 e. The highest BCUT2D eigenvalue weighted by molar-refractivity contribution is 5.73. The molecule has 3 saturated carbocycles. The monoisotopic (exact) mass is 736 g/mol. The van der Waals surface area contributed by atoms with Crippen LogP contribution in [0.5, 0.6) is 0 Å². The van der Waals surface area contributed by atoms with Crippen molar-refractivity contribution in [1.29, 1.82) is 0 Å². The topological polar surface area (TPSA) is 202 Å². The van der Waals surface area contributed by atoms with Crippen molar-refractivity contribution in [3.63, 3.8) is 0 Å². The van der Waals surface area contributed by atoms with Crippen LogP contribution in [0.25, 0.3) is 0 Å². The molecule has 17 unspecified atom stereocenters. The Balaban J connectivity index is 0.949. The average molecular weight is 737 g/mol. The molecule has 0 aromatic carbocycles. The quantitative estimate of drug-likeness (QED) is 0.149. The highest BCUT2D eigenvalue weighted by Crippen LogP contribution is 2.70. The molecule has 6 N–H and O–H groups in total. The fourth-order valence-electron chi connectivity index (χ4n) is 12.2. The van der Waals surface area contributed by atoms with Gasteiger partial charge in [-0.05, 0) is 92.8 Å². The lowest BCUT2D eigenvalue weighted by Gasteiger charge is -2.58. The van der Waals surface area contributed by atoms with Crippen LogP contribution >= 0.6 is 0 Å². The molecule has 3 heterocycles. The fourth-order valence-corrected chi connectivity index (χ4v) is 12.2. The summed E-state index contributed by atoms with van der Waals surface area (Å²) in [5.74, 6) is -0.132. The van der Waals surface area contributed by atoms with Crippen LogP contribution in [0.4, 0.5) is 0 Å². The lowest BCUT2D eigenvalue weighted by atomic mass is 9.47. The standard InChI is InChI=1S/C39H60O13/c1-20-31-27(52-39(20)12-7-21(19-49-39)18-48-30(43)16-36(2,47)15-29(41)42)14-26-24-6-5-22-13-23(8-10-37(22,3)25(24)9-11-38(26,31)4)50-35-34(46)33(45)32(44)28(17-40)51-35/h5,20-21,23-28,31-35,40,44-47H,6-19H2,1-4H3,(H,41,42). The van der Waals surface area contributed by atoms with Crippen LogP contribution in [-0.4, -0.2) is 117 Å². The first-order valence-electron chi connectivity index (χ1n) is 19.6. The number of ether oxygens (including phenoxy) is 5. The fraction of sp³-hybridized carbons (Fsp3) is 0.897. The van der Waals surface area contributed by atoms with E-state index in [-0.39, 0.29) is 47.9 Å². The Morgan fingerprint density at radius 1 is 1.02 bits per heavy atom. The number of carbonyl (C=O) groups excluding carboxylic acids is 1. The maximum atomic E-state index is 12.3. The van der Waals surface area contributed by atoms with Crippen molar-refractivity contribution in [2.45, 2.75) is 153 Å². The van der Waals surface area contributed by atoms with Gasteiger partial charge in [0.05, 0.1) is 50.5 Å². The lowest BCUT2D eigenvalue weighted by Crippen LogP contribution is -2.60. The smallest absolute Gasteiger partial charge is 0.308 e. The molecule has 3 aliphatic heterocycles. The number of carboxylic acid groups (broad SMARTS) is 1. The third-order valence-corrected chi connectivity index (χ3v) is 14.9. The van der Waals surface area contributed by atoms with Gasteiger partial charge < -0.3 is 54.3 Å². The zero-order valence-corrected chi connectivity index (χ0v) is 31.0. The van der Waals surface area contributed by atoms with Gasteiger partial charge in [0.15, 0.2) is 12.1 Å². The van der Waals surface area contributed by atoms with Gasteiger partial charge in [-0.15, -0.1) is 0 Å². The minimum Gasteiger partial charge on any atom is -0.481 e. The Bertz CT molecular complexity index is 1370. The molecule has 7 rings (SSSR count). The Hall–Kier alpha value is -1.68. The summed E-state index contributed by atoms with van der Waals surface area (Å²) in [5.41, 5.74) is -0.0533. The third kappa shape index (κ3) is 6.67. The van der Waals surface area contributed by atoms with Gasteiger partial charge >= 0.3 is 11.9 Å². The molecule has 3 saturated heterocycles. The number of carbonyl (C=O) groups is 2. The van der Waals surface area contributed by atoms with Gasteiger partial charge in [-0.1, -0.05) is 32.4 Å². The zero-order chi connectivity index (χ0) is 37.4. The van der Waals surface area contributed by atoms with Crippen molar-refractivity contribution in [2.24, 2.45) is 46.3 Å². The first-order valence-corrected chi connectivity index (χ1v) is 19.6. The summed E-state index contributed by atoms with van der Waals surface area (Å²) in [6.07, 6.45) is 3.47. The van der Waals surface area contributed by atoms with E-state index < -0.39 is 67.1 Å². The molecule has 6 fully saturated rings. The molecular formula is C39H60O13. The van der Waals surface area contributed by atoms with Crippen molar-refractivity contribution in [1.82, 2.24) is 0 Å². The normalized spacial score (nSPS) is 49.6. The van der Waals surface area contributed by atoms with Crippen LogP contribution in [0.15, 0.2) is 11.6 Å². The molecule has 0 bridgehead atoms. The number of hydrogen-bond donors (Lipinski definition) is 6. The predicted molar refractivity (Wildman–Crippen MR) is 183 cm³/mol. The van der Waals surface area contributed by atoms with Gasteiger partial charge in [-0.25, -0.2) is 0 Å². The summed E-state index contributed by atoms with van der Waals surface area (Å²) in [6, 6.07) is 0. The number of carboxylic acids is 1. The van der Waals surface area contributed by atoms with Gasteiger partial charge in [-0.2, -0.15) is 0 Å². The van der Waals surface area contributed by atoms with Crippen molar-refractivity contribution in [2.75, 3.05) is 19.8 Å². The van der Waals surface area contributed by atoms with Gasteiger partial charge in [0.2, 0.25) is 0 Å². The second-order valence-electron chi connectivity index (χ2n) is 18.2. The number of aliphatic hydroxyl groups is 5. The molecule has 13 nitrogen and oxygen atoms in total.